The van der Waals surface area contributed by atoms with E-state index in [1.54, 1.807) is 60.7 Å². The summed E-state index contributed by atoms with van der Waals surface area (Å²) in [6.07, 6.45) is 0.954. The standard InChI is InChI=1S/C34H35Cl2N3O4S/c1-3-21-37-34(41)32(22-26-7-5-4-6-8-26)38(23-27-11-13-28(35)14-12-27)33(40)24-39(30-17-15-29(36)16-18-30)44(42,43)31-19-9-25(2)10-20-31/h4-20,32H,3,21-24H2,1-2H3,(H,37,41)/t32-/m1/s1. The number of nitrogens with zero attached hydrogens (tertiary/aromatic N) is 2. The van der Waals surface area contributed by atoms with Gasteiger partial charge in [-0.1, -0.05) is 90.3 Å². The fourth-order valence-corrected chi connectivity index (χ4v) is 6.35. The maximum Gasteiger partial charge on any atom is 0.264 e. The van der Waals surface area contributed by atoms with Crippen molar-refractivity contribution in [2.75, 3.05) is 17.4 Å². The Labute approximate surface area is 269 Å². The summed E-state index contributed by atoms with van der Waals surface area (Å²) in [4.78, 5) is 29.6. The average molecular weight is 653 g/mol. The Balaban J connectivity index is 1.78. The van der Waals surface area contributed by atoms with E-state index < -0.39 is 28.5 Å². The molecule has 230 valence electrons. The van der Waals surface area contributed by atoms with Crippen molar-refractivity contribution in [3.63, 3.8) is 0 Å². The Hall–Kier alpha value is -3.85. The number of rotatable bonds is 13. The van der Waals surface area contributed by atoms with E-state index in [0.29, 0.717) is 23.0 Å². The maximum atomic E-state index is 14.4. The van der Waals surface area contributed by atoms with Crippen molar-refractivity contribution >= 4 is 50.7 Å². The van der Waals surface area contributed by atoms with Gasteiger partial charge >= 0.3 is 0 Å². The Bertz CT molecular complexity index is 1650. The highest BCUT2D eigenvalue weighted by Gasteiger charge is 2.34. The quantitative estimate of drug-likeness (QED) is 0.175. The van der Waals surface area contributed by atoms with Crippen LogP contribution in [0.15, 0.2) is 108 Å². The lowest BCUT2D eigenvalue weighted by Gasteiger charge is -2.34. The highest BCUT2D eigenvalue weighted by Crippen LogP contribution is 2.27. The highest BCUT2D eigenvalue weighted by atomic mass is 35.5. The molecule has 4 aromatic carbocycles. The molecule has 0 saturated carbocycles. The Kier molecular flexibility index (Phi) is 11.4. The highest BCUT2D eigenvalue weighted by molar-refractivity contribution is 7.92. The van der Waals surface area contributed by atoms with Gasteiger partial charge in [0.15, 0.2) is 0 Å². The summed E-state index contributed by atoms with van der Waals surface area (Å²) in [5, 5.41) is 3.89. The van der Waals surface area contributed by atoms with Crippen LogP contribution in [-0.4, -0.2) is 44.3 Å². The number of anilines is 1. The number of benzene rings is 4. The molecule has 0 spiro atoms. The van der Waals surface area contributed by atoms with Crippen molar-refractivity contribution in [3.05, 3.63) is 130 Å². The van der Waals surface area contributed by atoms with Gasteiger partial charge in [-0.25, -0.2) is 8.42 Å². The molecule has 44 heavy (non-hydrogen) atoms. The van der Waals surface area contributed by atoms with Crippen molar-refractivity contribution in [2.24, 2.45) is 0 Å². The van der Waals surface area contributed by atoms with Crippen molar-refractivity contribution in [3.8, 4) is 0 Å². The molecule has 10 heteroatoms. The van der Waals surface area contributed by atoms with Crippen LogP contribution in [0.3, 0.4) is 0 Å². The fraction of sp³-hybridized carbons (Fsp3) is 0.235. The molecule has 0 saturated heterocycles. The van der Waals surface area contributed by atoms with Gasteiger partial charge in [0.2, 0.25) is 11.8 Å². The Morgan fingerprint density at radius 3 is 1.98 bits per heavy atom. The van der Waals surface area contributed by atoms with Crippen molar-refractivity contribution < 1.29 is 18.0 Å². The summed E-state index contributed by atoms with van der Waals surface area (Å²) in [5.41, 5.74) is 2.77. The zero-order valence-corrected chi connectivity index (χ0v) is 26.9. The van der Waals surface area contributed by atoms with Crippen LogP contribution in [0, 0.1) is 6.92 Å². The molecule has 0 radical (unpaired) electrons. The number of carbonyl (C=O) groups excluding carboxylic acids is 2. The second-order valence-corrected chi connectivity index (χ2v) is 13.2. The number of sulfonamides is 1. The Morgan fingerprint density at radius 2 is 1.39 bits per heavy atom. The van der Waals surface area contributed by atoms with Gasteiger partial charge in [-0.15, -0.1) is 0 Å². The normalized spacial score (nSPS) is 11.9. The van der Waals surface area contributed by atoms with Crippen LogP contribution in [0.1, 0.15) is 30.0 Å². The van der Waals surface area contributed by atoms with Crippen molar-refractivity contribution in [2.45, 2.75) is 44.2 Å². The van der Waals surface area contributed by atoms with Gasteiger partial charge < -0.3 is 10.2 Å². The van der Waals surface area contributed by atoms with Gasteiger partial charge in [-0.2, -0.15) is 0 Å². The van der Waals surface area contributed by atoms with Crippen LogP contribution in [0.4, 0.5) is 5.69 Å². The molecule has 0 aliphatic carbocycles. The minimum atomic E-state index is -4.19. The first-order chi connectivity index (χ1) is 21.1. The van der Waals surface area contributed by atoms with Gasteiger partial charge in [0.25, 0.3) is 10.0 Å². The second kappa shape index (κ2) is 15.2. The topological polar surface area (TPSA) is 86.8 Å². The first-order valence-corrected chi connectivity index (χ1v) is 16.5. The number of halogens is 2. The molecule has 0 aliphatic heterocycles. The van der Waals surface area contributed by atoms with Crippen LogP contribution >= 0.6 is 23.2 Å². The second-order valence-electron chi connectivity index (χ2n) is 10.4. The van der Waals surface area contributed by atoms with E-state index in [0.717, 1.165) is 21.0 Å². The molecule has 4 aromatic rings. The zero-order chi connectivity index (χ0) is 31.7. The summed E-state index contributed by atoms with van der Waals surface area (Å²) >= 11 is 12.2. The Morgan fingerprint density at radius 1 is 0.795 bits per heavy atom. The fourth-order valence-electron chi connectivity index (χ4n) is 4.68. The van der Waals surface area contributed by atoms with E-state index in [-0.39, 0.29) is 29.5 Å². The number of nitrogens with one attached hydrogen (secondary N) is 1. The summed E-state index contributed by atoms with van der Waals surface area (Å²) in [5.74, 6) is -0.865. The number of hydrogen-bond acceptors (Lipinski definition) is 4. The molecule has 0 bridgehead atoms. The third kappa shape index (κ3) is 8.62. The van der Waals surface area contributed by atoms with Crippen molar-refractivity contribution in [1.29, 1.82) is 0 Å². The molecule has 4 rings (SSSR count). The zero-order valence-electron chi connectivity index (χ0n) is 24.6. The summed E-state index contributed by atoms with van der Waals surface area (Å²) in [6.45, 7) is 3.76. The molecule has 7 nitrogen and oxygen atoms in total. The van der Waals surface area contributed by atoms with E-state index in [1.165, 1.54) is 17.0 Å². The lowest BCUT2D eigenvalue weighted by Crippen LogP contribution is -2.53. The molecular weight excluding hydrogens is 617 g/mol. The van der Waals surface area contributed by atoms with Gasteiger partial charge in [-0.3, -0.25) is 13.9 Å². The minimum Gasteiger partial charge on any atom is -0.354 e. The predicted molar refractivity (Wildman–Crippen MR) is 176 cm³/mol. The monoisotopic (exact) mass is 651 g/mol. The third-order valence-electron chi connectivity index (χ3n) is 7.09. The van der Waals surface area contributed by atoms with Crippen LogP contribution in [0.2, 0.25) is 10.0 Å². The van der Waals surface area contributed by atoms with Crippen LogP contribution < -0.4 is 9.62 Å². The molecule has 0 unspecified atom stereocenters. The predicted octanol–water partition coefficient (Wildman–Crippen LogP) is 6.66. The number of hydrogen-bond donors (Lipinski definition) is 1. The van der Waals surface area contributed by atoms with E-state index in [9.17, 15) is 18.0 Å². The lowest BCUT2D eigenvalue weighted by molar-refractivity contribution is -0.140. The lowest BCUT2D eigenvalue weighted by atomic mass is 10.0. The largest absolute Gasteiger partial charge is 0.354 e. The molecule has 0 fully saturated rings. The van der Waals surface area contributed by atoms with Gasteiger partial charge in [0, 0.05) is 29.6 Å². The molecule has 0 heterocycles. The van der Waals surface area contributed by atoms with Crippen LogP contribution in [0.25, 0.3) is 0 Å². The number of amides is 2. The first-order valence-electron chi connectivity index (χ1n) is 14.3. The summed E-state index contributed by atoms with van der Waals surface area (Å²) in [7, 11) is -4.19. The van der Waals surface area contributed by atoms with Gasteiger partial charge in [0.05, 0.1) is 10.6 Å². The molecular formula is C34H35Cl2N3O4S. The molecule has 1 atom stereocenters. The smallest absolute Gasteiger partial charge is 0.264 e. The van der Waals surface area contributed by atoms with E-state index >= 15 is 0 Å². The van der Waals surface area contributed by atoms with Gasteiger partial charge in [-0.05, 0) is 73.0 Å². The van der Waals surface area contributed by atoms with Crippen LogP contribution in [-0.2, 0) is 32.6 Å². The molecule has 0 aliphatic rings. The van der Waals surface area contributed by atoms with Gasteiger partial charge in [0.1, 0.15) is 12.6 Å². The SMILES string of the molecule is CCCNC(=O)[C@@H](Cc1ccccc1)N(Cc1ccc(Cl)cc1)C(=O)CN(c1ccc(Cl)cc1)S(=O)(=O)c1ccc(C)cc1. The van der Waals surface area contributed by atoms with E-state index in [4.69, 9.17) is 23.2 Å². The molecule has 0 aromatic heterocycles. The number of carbonyl (C=O) groups is 2. The van der Waals surface area contributed by atoms with Crippen molar-refractivity contribution in [1.82, 2.24) is 10.2 Å². The van der Waals surface area contributed by atoms with Crippen LogP contribution in [0.5, 0.6) is 0 Å². The average Bonchev–Trinajstić information content (AvgIpc) is 3.02. The third-order valence-corrected chi connectivity index (χ3v) is 9.38. The molecule has 2 amide bonds. The summed E-state index contributed by atoms with van der Waals surface area (Å²) in [6, 6.07) is 28.2. The first kappa shape index (κ1) is 33.1. The maximum absolute atomic E-state index is 14.4. The minimum absolute atomic E-state index is 0.0385. The summed E-state index contributed by atoms with van der Waals surface area (Å²) < 4.78 is 29.2. The molecule has 1 N–H and O–H groups in total. The van der Waals surface area contributed by atoms with E-state index in [1.807, 2.05) is 44.2 Å². The number of aryl methyl sites for hydroxylation is 1. The van der Waals surface area contributed by atoms with E-state index in [2.05, 4.69) is 5.32 Å².